The fourth-order valence-electron chi connectivity index (χ4n) is 4.24. The number of benzene rings is 1. The molecule has 10 heteroatoms. The molecular formula is C24H29FN6O3. The molecule has 0 aliphatic carbocycles. The van der Waals surface area contributed by atoms with Crippen molar-refractivity contribution in [2.45, 2.75) is 26.2 Å². The molecule has 0 spiro atoms. The van der Waals surface area contributed by atoms with Crippen molar-refractivity contribution in [1.82, 2.24) is 14.8 Å². The first kappa shape index (κ1) is 23.5. The minimum absolute atomic E-state index is 0.00382. The fourth-order valence-corrected chi connectivity index (χ4v) is 4.24. The predicted octanol–water partition coefficient (Wildman–Crippen LogP) is 2.58. The van der Waals surface area contributed by atoms with Crippen LogP contribution in [0, 0.1) is 11.7 Å². The number of nitrogens with one attached hydrogen (secondary N) is 2. The van der Waals surface area contributed by atoms with E-state index in [1.54, 1.807) is 17.9 Å². The Kier molecular flexibility index (Phi) is 6.95. The summed E-state index contributed by atoms with van der Waals surface area (Å²) in [4.78, 5) is 43.8. The van der Waals surface area contributed by atoms with E-state index in [1.165, 1.54) is 24.4 Å². The number of amides is 3. The first-order chi connectivity index (χ1) is 16.3. The van der Waals surface area contributed by atoms with Crippen molar-refractivity contribution < 1.29 is 18.8 Å². The first-order valence-corrected chi connectivity index (χ1v) is 11.5. The van der Waals surface area contributed by atoms with Crippen LogP contribution >= 0.6 is 0 Å². The van der Waals surface area contributed by atoms with Crippen LogP contribution in [0.25, 0.3) is 0 Å². The normalized spacial score (nSPS) is 17.6. The van der Waals surface area contributed by atoms with Gasteiger partial charge in [-0.25, -0.2) is 9.37 Å². The van der Waals surface area contributed by atoms with Gasteiger partial charge in [-0.05, 0) is 43.4 Å². The van der Waals surface area contributed by atoms with Gasteiger partial charge in [-0.15, -0.1) is 0 Å². The highest BCUT2D eigenvalue weighted by atomic mass is 19.1. The lowest BCUT2D eigenvalue weighted by molar-refractivity contribution is -0.130. The van der Waals surface area contributed by atoms with Crippen LogP contribution in [0.4, 0.5) is 21.6 Å². The van der Waals surface area contributed by atoms with Crippen molar-refractivity contribution in [3.8, 4) is 0 Å². The number of halogens is 1. The highest BCUT2D eigenvalue weighted by Gasteiger charge is 2.25. The number of piperidine rings is 1. The Labute approximate surface area is 197 Å². The fraction of sp³-hybridized carbons (Fsp3) is 0.417. The second kappa shape index (κ2) is 10.1. The summed E-state index contributed by atoms with van der Waals surface area (Å²) in [5.41, 5.74) is 6.80. The number of pyridine rings is 1. The number of carbonyl (C=O) groups is 3. The minimum Gasteiger partial charge on any atom is -0.384 e. The second-order valence-corrected chi connectivity index (χ2v) is 8.80. The van der Waals surface area contributed by atoms with Crippen molar-refractivity contribution in [1.29, 1.82) is 0 Å². The second-order valence-electron chi connectivity index (χ2n) is 8.80. The van der Waals surface area contributed by atoms with Gasteiger partial charge in [0.2, 0.25) is 5.91 Å². The number of anilines is 3. The predicted molar refractivity (Wildman–Crippen MR) is 126 cm³/mol. The maximum absolute atomic E-state index is 14.3. The van der Waals surface area contributed by atoms with E-state index in [2.05, 4.69) is 15.6 Å². The molecule has 1 unspecified atom stereocenters. The van der Waals surface area contributed by atoms with Crippen LogP contribution in [-0.4, -0.2) is 65.2 Å². The quantitative estimate of drug-likeness (QED) is 0.574. The van der Waals surface area contributed by atoms with Gasteiger partial charge >= 0.3 is 0 Å². The molecular weight excluding hydrogens is 439 g/mol. The summed E-state index contributed by atoms with van der Waals surface area (Å²) in [6.07, 6.45) is 4.21. The van der Waals surface area contributed by atoms with Gasteiger partial charge in [-0.3, -0.25) is 14.4 Å². The third kappa shape index (κ3) is 5.27. The van der Waals surface area contributed by atoms with E-state index in [1.807, 2.05) is 4.90 Å². The topological polar surface area (TPSA) is 121 Å². The molecule has 9 nitrogen and oxygen atoms in total. The number of likely N-dealkylation sites (tertiary alicyclic amines) is 2. The van der Waals surface area contributed by atoms with Crippen LogP contribution in [0.2, 0.25) is 0 Å². The number of aromatic nitrogens is 1. The first-order valence-electron chi connectivity index (χ1n) is 11.5. The third-order valence-corrected chi connectivity index (χ3v) is 6.33. The summed E-state index contributed by atoms with van der Waals surface area (Å²) in [7, 11) is 0. The zero-order valence-electron chi connectivity index (χ0n) is 19.1. The van der Waals surface area contributed by atoms with Gasteiger partial charge in [0, 0.05) is 57.6 Å². The molecule has 2 fully saturated rings. The smallest absolute Gasteiger partial charge is 0.256 e. The molecule has 3 heterocycles. The maximum Gasteiger partial charge on any atom is 0.256 e. The van der Waals surface area contributed by atoms with Gasteiger partial charge in [0.15, 0.2) is 0 Å². The average Bonchev–Trinajstić information content (AvgIpc) is 2.78. The number of nitrogens with two attached hydrogens (primary N) is 1. The summed E-state index contributed by atoms with van der Waals surface area (Å²) < 4.78 is 14.3. The number of carbonyl (C=O) groups excluding carboxylic acids is 3. The van der Waals surface area contributed by atoms with E-state index in [-0.39, 0.29) is 28.9 Å². The van der Waals surface area contributed by atoms with E-state index >= 15 is 0 Å². The van der Waals surface area contributed by atoms with Crippen molar-refractivity contribution in [3.63, 3.8) is 0 Å². The Morgan fingerprint density at radius 3 is 2.56 bits per heavy atom. The third-order valence-electron chi connectivity index (χ3n) is 6.33. The van der Waals surface area contributed by atoms with Gasteiger partial charge in [0.25, 0.3) is 11.8 Å². The van der Waals surface area contributed by atoms with Crippen molar-refractivity contribution in [2.24, 2.45) is 11.7 Å². The minimum atomic E-state index is -0.611. The molecule has 2 aliphatic heterocycles. The lowest BCUT2D eigenvalue weighted by Crippen LogP contribution is -2.42. The van der Waals surface area contributed by atoms with Crippen LogP contribution in [-0.2, 0) is 4.79 Å². The van der Waals surface area contributed by atoms with Gasteiger partial charge in [-0.2, -0.15) is 0 Å². The number of primary amides is 1. The highest BCUT2D eigenvalue weighted by molar-refractivity contribution is 5.99. The molecule has 4 rings (SSSR count). The van der Waals surface area contributed by atoms with Crippen molar-refractivity contribution in [3.05, 3.63) is 47.4 Å². The molecule has 3 amide bonds. The average molecular weight is 469 g/mol. The SMILES string of the molecule is CC(=O)N1CCCC(CNc2cc(Nc3ccc(F)c(C(=O)N4CCC4)c3)ncc2C(N)=O)C1. The summed E-state index contributed by atoms with van der Waals surface area (Å²) in [6, 6.07) is 5.89. The number of hydrogen-bond donors (Lipinski definition) is 3. The standard InChI is InChI=1S/C24H29FN6O3/c1-15(32)31-7-2-4-16(14-31)12-27-21-11-22(28-13-19(21)23(26)33)29-17-5-6-20(25)18(10-17)24(34)30-8-3-9-30/h5-6,10-11,13,16H,2-4,7-9,12,14H2,1H3,(H2,26,33)(H2,27,28,29). The summed E-state index contributed by atoms with van der Waals surface area (Å²) in [5, 5.41) is 6.35. The number of rotatable bonds is 7. The molecule has 2 aliphatic rings. The van der Waals surface area contributed by atoms with E-state index in [0.29, 0.717) is 43.4 Å². The van der Waals surface area contributed by atoms with Crippen LogP contribution in [0.5, 0.6) is 0 Å². The van der Waals surface area contributed by atoms with E-state index in [4.69, 9.17) is 5.73 Å². The Bertz CT molecular complexity index is 1100. The van der Waals surface area contributed by atoms with Gasteiger partial charge in [0.1, 0.15) is 11.6 Å². The molecule has 2 aromatic rings. The Morgan fingerprint density at radius 2 is 1.88 bits per heavy atom. The zero-order chi connectivity index (χ0) is 24.2. The van der Waals surface area contributed by atoms with Crippen molar-refractivity contribution in [2.75, 3.05) is 43.4 Å². The van der Waals surface area contributed by atoms with Crippen LogP contribution in [0.3, 0.4) is 0 Å². The lowest BCUT2D eigenvalue weighted by atomic mass is 9.97. The maximum atomic E-state index is 14.3. The largest absolute Gasteiger partial charge is 0.384 e. The number of nitrogens with zero attached hydrogens (tertiary/aromatic N) is 3. The van der Waals surface area contributed by atoms with Crippen LogP contribution in [0.15, 0.2) is 30.5 Å². The van der Waals surface area contributed by atoms with E-state index in [0.717, 1.165) is 25.8 Å². The molecule has 180 valence electrons. The Hall–Kier alpha value is -3.69. The van der Waals surface area contributed by atoms with E-state index < -0.39 is 11.7 Å². The number of hydrogen-bond acceptors (Lipinski definition) is 6. The van der Waals surface area contributed by atoms with E-state index in [9.17, 15) is 18.8 Å². The van der Waals surface area contributed by atoms with Crippen LogP contribution in [0.1, 0.15) is 46.9 Å². The lowest BCUT2D eigenvalue weighted by Gasteiger charge is -2.32. The van der Waals surface area contributed by atoms with Gasteiger partial charge in [-0.1, -0.05) is 0 Å². The molecule has 1 atom stereocenters. The summed E-state index contributed by atoms with van der Waals surface area (Å²) in [6.45, 7) is 4.83. The molecule has 1 aromatic carbocycles. The molecule has 0 saturated carbocycles. The van der Waals surface area contributed by atoms with Gasteiger partial charge in [0.05, 0.1) is 16.8 Å². The summed E-state index contributed by atoms with van der Waals surface area (Å²) in [5.74, 6) is -0.803. The molecule has 4 N–H and O–H groups in total. The Morgan fingerprint density at radius 1 is 1.12 bits per heavy atom. The van der Waals surface area contributed by atoms with Crippen LogP contribution < -0.4 is 16.4 Å². The molecule has 34 heavy (non-hydrogen) atoms. The molecule has 2 saturated heterocycles. The summed E-state index contributed by atoms with van der Waals surface area (Å²) >= 11 is 0. The molecule has 1 aromatic heterocycles. The monoisotopic (exact) mass is 468 g/mol. The Balaban J connectivity index is 1.49. The zero-order valence-corrected chi connectivity index (χ0v) is 19.1. The molecule has 0 radical (unpaired) electrons. The van der Waals surface area contributed by atoms with Gasteiger partial charge < -0.3 is 26.2 Å². The highest BCUT2D eigenvalue weighted by Crippen LogP contribution is 2.25. The van der Waals surface area contributed by atoms with Crippen molar-refractivity contribution >= 4 is 34.9 Å². The molecule has 0 bridgehead atoms.